The maximum Gasteiger partial charge on any atom is 0.343 e. The van der Waals surface area contributed by atoms with Crippen LogP contribution in [0.25, 0.3) is 16.9 Å². The Morgan fingerprint density at radius 2 is 2.05 bits per heavy atom. The van der Waals surface area contributed by atoms with Gasteiger partial charge in [-0.05, 0) is 22.9 Å². The standard InChI is InChI=1S/C15H12BrN3O2/c1-2-21-15(20)11-8-18-19-13(10-6-4-3-5-7-10)12(16)9-17-14(11)19/h3-9H,2H2,1H3. The largest absolute Gasteiger partial charge is 0.462 e. The molecule has 2 heterocycles. The third kappa shape index (κ3) is 2.42. The minimum absolute atomic E-state index is 0.318. The second-order valence-corrected chi connectivity index (χ2v) is 5.19. The van der Waals surface area contributed by atoms with Gasteiger partial charge in [0.25, 0.3) is 0 Å². The topological polar surface area (TPSA) is 56.5 Å². The van der Waals surface area contributed by atoms with E-state index in [0.29, 0.717) is 17.8 Å². The second-order valence-electron chi connectivity index (χ2n) is 4.33. The fraction of sp³-hybridized carbons (Fsp3) is 0.133. The molecule has 6 heteroatoms. The quantitative estimate of drug-likeness (QED) is 0.683. The molecule has 0 fully saturated rings. The van der Waals surface area contributed by atoms with E-state index in [9.17, 15) is 4.79 Å². The Bertz CT molecular complexity index is 799. The molecule has 21 heavy (non-hydrogen) atoms. The van der Waals surface area contributed by atoms with Gasteiger partial charge in [-0.25, -0.2) is 14.3 Å². The van der Waals surface area contributed by atoms with Crippen LogP contribution in [0.15, 0.2) is 47.2 Å². The molecule has 0 amide bonds. The van der Waals surface area contributed by atoms with E-state index in [-0.39, 0.29) is 0 Å². The first-order valence-electron chi connectivity index (χ1n) is 6.47. The van der Waals surface area contributed by atoms with Crippen molar-refractivity contribution < 1.29 is 9.53 Å². The van der Waals surface area contributed by atoms with Crippen LogP contribution in [0.2, 0.25) is 0 Å². The maximum absolute atomic E-state index is 11.9. The number of fused-ring (bicyclic) bond motifs is 1. The predicted octanol–water partition coefficient (Wildman–Crippen LogP) is 3.34. The van der Waals surface area contributed by atoms with Gasteiger partial charge < -0.3 is 4.74 Å². The Hall–Kier alpha value is -2.21. The van der Waals surface area contributed by atoms with Crippen molar-refractivity contribution in [2.75, 3.05) is 6.61 Å². The van der Waals surface area contributed by atoms with Crippen LogP contribution in [-0.4, -0.2) is 27.2 Å². The number of nitrogens with zero attached hydrogens (tertiary/aromatic N) is 3. The molecule has 5 nitrogen and oxygen atoms in total. The molecule has 106 valence electrons. The van der Waals surface area contributed by atoms with Crippen molar-refractivity contribution >= 4 is 27.5 Å². The number of rotatable bonds is 3. The molecule has 3 aromatic rings. The van der Waals surface area contributed by atoms with E-state index in [1.165, 1.54) is 6.20 Å². The van der Waals surface area contributed by atoms with Gasteiger partial charge in [-0.15, -0.1) is 0 Å². The fourth-order valence-corrected chi connectivity index (χ4v) is 2.62. The Balaban J connectivity index is 2.22. The smallest absolute Gasteiger partial charge is 0.343 e. The number of benzene rings is 1. The highest BCUT2D eigenvalue weighted by Gasteiger charge is 2.18. The molecule has 0 atom stereocenters. The lowest BCUT2D eigenvalue weighted by Gasteiger charge is -2.07. The molecule has 0 unspecified atom stereocenters. The molecular weight excluding hydrogens is 334 g/mol. The zero-order chi connectivity index (χ0) is 14.8. The normalized spacial score (nSPS) is 10.8. The third-order valence-electron chi connectivity index (χ3n) is 3.02. The van der Waals surface area contributed by atoms with Gasteiger partial charge in [0.15, 0.2) is 5.65 Å². The Labute approximate surface area is 129 Å². The minimum Gasteiger partial charge on any atom is -0.462 e. The summed E-state index contributed by atoms with van der Waals surface area (Å²) in [7, 11) is 0. The van der Waals surface area contributed by atoms with Crippen molar-refractivity contribution in [1.29, 1.82) is 0 Å². The summed E-state index contributed by atoms with van der Waals surface area (Å²) in [6.45, 7) is 2.08. The fourth-order valence-electron chi connectivity index (χ4n) is 2.12. The highest BCUT2D eigenvalue weighted by atomic mass is 79.9. The highest BCUT2D eigenvalue weighted by molar-refractivity contribution is 9.10. The van der Waals surface area contributed by atoms with Crippen LogP contribution in [-0.2, 0) is 4.74 Å². The average molecular weight is 346 g/mol. The summed E-state index contributed by atoms with van der Waals surface area (Å²) in [6, 6.07) is 9.80. The summed E-state index contributed by atoms with van der Waals surface area (Å²) in [5.41, 5.74) is 2.67. The zero-order valence-electron chi connectivity index (χ0n) is 11.3. The summed E-state index contributed by atoms with van der Waals surface area (Å²) in [6.07, 6.45) is 3.15. The van der Waals surface area contributed by atoms with Gasteiger partial charge in [0.05, 0.1) is 23.0 Å². The highest BCUT2D eigenvalue weighted by Crippen LogP contribution is 2.28. The molecule has 0 N–H and O–H groups in total. The molecule has 0 saturated carbocycles. The van der Waals surface area contributed by atoms with E-state index in [2.05, 4.69) is 26.0 Å². The van der Waals surface area contributed by atoms with E-state index < -0.39 is 5.97 Å². The summed E-state index contributed by atoms with van der Waals surface area (Å²) in [4.78, 5) is 16.2. The molecule has 0 spiro atoms. The lowest BCUT2D eigenvalue weighted by molar-refractivity contribution is 0.0528. The van der Waals surface area contributed by atoms with E-state index in [4.69, 9.17) is 4.74 Å². The van der Waals surface area contributed by atoms with Crippen LogP contribution in [0.3, 0.4) is 0 Å². The van der Waals surface area contributed by atoms with Crippen LogP contribution >= 0.6 is 15.9 Å². The maximum atomic E-state index is 11.9. The van der Waals surface area contributed by atoms with Gasteiger partial charge >= 0.3 is 5.97 Å². The van der Waals surface area contributed by atoms with Gasteiger partial charge in [0.1, 0.15) is 5.56 Å². The summed E-state index contributed by atoms with van der Waals surface area (Å²) in [5.74, 6) is -0.415. The Morgan fingerprint density at radius 1 is 1.29 bits per heavy atom. The molecule has 0 radical (unpaired) electrons. The van der Waals surface area contributed by atoms with E-state index >= 15 is 0 Å². The number of esters is 1. The van der Waals surface area contributed by atoms with Gasteiger partial charge in [0.2, 0.25) is 0 Å². The van der Waals surface area contributed by atoms with Crippen molar-refractivity contribution in [3.63, 3.8) is 0 Å². The summed E-state index contributed by atoms with van der Waals surface area (Å²) < 4.78 is 7.48. The molecule has 0 saturated heterocycles. The number of hydrogen-bond donors (Lipinski definition) is 0. The molecule has 1 aromatic carbocycles. The molecule has 2 aromatic heterocycles. The summed E-state index contributed by atoms with van der Waals surface area (Å²) >= 11 is 3.49. The van der Waals surface area contributed by atoms with E-state index in [1.807, 2.05) is 30.3 Å². The van der Waals surface area contributed by atoms with E-state index in [0.717, 1.165) is 15.7 Å². The Kier molecular flexibility index (Phi) is 3.70. The predicted molar refractivity (Wildman–Crippen MR) is 82.1 cm³/mol. The monoisotopic (exact) mass is 345 g/mol. The molecular formula is C15H12BrN3O2. The lowest BCUT2D eigenvalue weighted by atomic mass is 10.1. The number of carbonyl (C=O) groups is 1. The number of halogens is 1. The van der Waals surface area contributed by atoms with Crippen molar-refractivity contribution in [2.45, 2.75) is 6.92 Å². The zero-order valence-corrected chi connectivity index (χ0v) is 12.9. The van der Waals surface area contributed by atoms with Gasteiger partial charge in [-0.2, -0.15) is 5.10 Å². The van der Waals surface area contributed by atoms with Crippen LogP contribution < -0.4 is 0 Å². The number of hydrogen-bond acceptors (Lipinski definition) is 4. The lowest BCUT2D eigenvalue weighted by Crippen LogP contribution is -2.05. The molecule has 0 aliphatic rings. The molecule has 0 aliphatic heterocycles. The van der Waals surface area contributed by atoms with Crippen molar-refractivity contribution in [1.82, 2.24) is 14.6 Å². The Morgan fingerprint density at radius 3 is 2.76 bits per heavy atom. The SMILES string of the molecule is CCOC(=O)c1cnn2c(-c3ccccc3)c(Br)cnc12. The number of carbonyl (C=O) groups excluding carboxylic acids is 1. The van der Waals surface area contributed by atoms with Crippen molar-refractivity contribution in [3.8, 4) is 11.3 Å². The number of aromatic nitrogens is 3. The molecule has 0 bridgehead atoms. The van der Waals surface area contributed by atoms with Crippen LogP contribution in [0, 0.1) is 0 Å². The third-order valence-corrected chi connectivity index (χ3v) is 3.60. The summed E-state index contributed by atoms with van der Waals surface area (Å²) in [5, 5.41) is 4.28. The first-order chi connectivity index (χ1) is 10.2. The van der Waals surface area contributed by atoms with Gasteiger partial charge in [-0.3, -0.25) is 0 Å². The first kappa shape index (κ1) is 13.8. The average Bonchev–Trinajstić information content (AvgIpc) is 2.92. The van der Waals surface area contributed by atoms with Crippen LogP contribution in [0.5, 0.6) is 0 Å². The van der Waals surface area contributed by atoms with E-state index in [1.54, 1.807) is 17.6 Å². The first-order valence-corrected chi connectivity index (χ1v) is 7.26. The van der Waals surface area contributed by atoms with Gasteiger partial charge in [-0.1, -0.05) is 30.3 Å². The van der Waals surface area contributed by atoms with Crippen molar-refractivity contribution in [3.05, 3.63) is 52.8 Å². The van der Waals surface area contributed by atoms with Crippen LogP contribution in [0.1, 0.15) is 17.3 Å². The van der Waals surface area contributed by atoms with Gasteiger partial charge in [0, 0.05) is 11.8 Å². The van der Waals surface area contributed by atoms with Crippen molar-refractivity contribution in [2.24, 2.45) is 0 Å². The molecule has 0 aliphatic carbocycles. The second kappa shape index (κ2) is 5.65. The molecule has 3 rings (SSSR count). The minimum atomic E-state index is -0.415. The van der Waals surface area contributed by atoms with Crippen LogP contribution in [0.4, 0.5) is 0 Å². The number of ether oxygens (including phenoxy) is 1.